The van der Waals surface area contributed by atoms with Gasteiger partial charge in [-0.3, -0.25) is 0 Å². The minimum atomic E-state index is 0.264. The summed E-state index contributed by atoms with van der Waals surface area (Å²) in [6, 6.07) is 4.39. The number of rotatable bonds is 4. The summed E-state index contributed by atoms with van der Waals surface area (Å²) in [6.45, 7) is 5.15. The quantitative estimate of drug-likeness (QED) is 0.921. The second-order valence-corrected chi connectivity index (χ2v) is 6.12. The van der Waals surface area contributed by atoms with Gasteiger partial charge in [0.15, 0.2) is 0 Å². The van der Waals surface area contributed by atoms with Crippen LogP contribution in [0.25, 0.3) is 0 Å². The first-order chi connectivity index (χ1) is 10.2. The number of nitrogens with one attached hydrogen (secondary N) is 1. The van der Waals surface area contributed by atoms with E-state index in [0.29, 0.717) is 12.1 Å². The molecule has 2 fully saturated rings. The molecule has 3 rings (SSSR count). The first-order valence-electron chi connectivity index (χ1n) is 7.90. The molecule has 1 aromatic rings. The van der Waals surface area contributed by atoms with Crippen molar-refractivity contribution >= 4 is 5.69 Å². The van der Waals surface area contributed by atoms with Crippen LogP contribution in [0, 0.1) is 0 Å². The van der Waals surface area contributed by atoms with Gasteiger partial charge >= 0.3 is 0 Å². The van der Waals surface area contributed by atoms with E-state index in [2.05, 4.69) is 29.2 Å². The third kappa shape index (κ3) is 3.86. The minimum absolute atomic E-state index is 0.264. The maximum atomic E-state index is 5.96. The van der Waals surface area contributed by atoms with Crippen LogP contribution in [-0.2, 0) is 4.74 Å². The average molecular weight is 291 g/mol. The van der Waals surface area contributed by atoms with E-state index in [1.165, 1.54) is 0 Å². The largest absolute Gasteiger partial charge is 0.474 e. The molecule has 0 radical (unpaired) electrons. The molecule has 1 N–H and O–H groups in total. The second kappa shape index (κ2) is 6.62. The van der Waals surface area contributed by atoms with E-state index in [9.17, 15) is 0 Å². The highest BCUT2D eigenvalue weighted by molar-refractivity contribution is 5.43. The van der Waals surface area contributed by atoms with Crippen LogP contribution in [0.1, 0.15) is 26.2 Å². The summed E-state index contributed by atoms with van der Waals surface area (Å²) in [5.74, 6) is 0.728. The number of piperidine rings is 1. The maximum absolute atomic E-state index is 5.96. The highest BCUT2D eigenvalue weighted by Crippen LogP contribution is 2.21. The van der Waals surface area contributed by atoms with Gasteiger partial charge in [0.25, 0.3) is 0 Å². The fourth-order valence-corrected chi connectivity index (χ4v) is 2.94. The summed E-state index contributed by atoms with van der Waals surface area (Å²) < 4.78 is 11.5. The van der Waals surface area contributed by atoms with Crippen LogP contribution in [0.2, 0.25) is 0 Å². The molecule has 0 spiro atoms. The Hall–Kier alpha value is -1.33. The van der Waals surface area contributed by atoms with Gasteiger partial charge in [0, 0.05) is 25.8 Å². The highest BCUT2D eigenvalue weighted by Gasteiger charge is 2.24. The zero-order valence-corrected chi connectivity index (χ0v) is 12.9. The van der Waals surface area contributed by atoms with Crippen LogP contribution in [0.4, 0.5) is 5.69 Å². The highest BCUT2D eigenvalue weighted by atomic mass is 16.5. The van der Waals surface area contributed by atoms with Crippen molar-refractivity contribution in [2.45, 2.75) is 44.4 Å². The molecule has 21 heavy (non-hydrogen) atoms. The Morgan fingerprint density at radius 2 is 2.10 bits per heavy atom. The fourth-order valence-electron chi connectivity index (χ4n) is 2.94. The van der Waals surface area contributed by atoms with E-state index in [1.807, 2.05) is 18.3 Å². The first kappa shape index (κ1) is 14.6. The lowest BCUT2D eigenvalue weighted by Crippen LogP contribution is -2.35. The number of hydrogen-bond acceptors (Lipinski definition) is 5. The van der Waals surface area contributed by atoms with Gasteiger partial charge in [-0.2, -0.15) is 0 Å². The number of pyridine rings is 1. The summed E-state index contributed by atoms with van der Waals surface area (Å²) in [6.07, 6.45) is 5.63. The molecule has 2 aliphatic heterocycles. The van der Waals surface area contributed by atoms with Gasteiger partial charge < -0.3 is 19.7 Å². The van der Waals surface area contributed by atoms with E-state index in [0.717, 1.165) is 50.5 Å². The van der Waals surface area contributed by atoms with Crippen molar-refractivity contribution in [3.8, 4) is 5.88 Å². The van der Waals surface area contributed by atoms with Crippen molar-refractivity contribution in [2.24, 2.45) is 0 Å². The van der Waals surface area contributed by atoms with Crippen LogP contribution < -0.4 is 10.1 Å². The number of nitrogens with zero attached hydrogens (tertiary/aromatic N) is 2. The Kier molecular flexibility index (Phi) is 4.60. The molecule has 0 unspecified atom stereocenters. The van der Waals surface area contributed by atoms with Gasteiger partial charge in [-0.1, -0.05) is 0 Å². The Morgan fingerprint density at radius 1 is 1.29 bits per heavy atom. The number of aromatic nitrogens is 1. The lowest BCUT2D eigenvalue weighted by Gasteiger charge is -2.28. The van der Waals surface area contributed by atoms with Crippen LogP contribution in [-0.4, -0.2) is 54.9 Å². The van der Waals surface area contributed by atoms with E-state index in [1.54, 1.807) is 0 Å². The fraction of sp³-hybridized carbons (Fsp3) is 0.688. The maximum Gasteiger partial charge on any atom is 0.213 e. The zero-order valence-electron chi connectivity index (χ0n) is 12.9. The molecule has 3 heterocycles. The van der Waals surface area contributed by atoms with E-state index in [-0.39, 0.29) is 6.10 Å². The number of ether oxygens (including phenoxy) is 2. The first-order valence-corrected chi connectivity index (χ1v) is 7.90. The topological polar surface area (TPSA) is 46.6 Å². The second-order valence-electron chi connectivity index (χ2n) is 6.12. The third-order valence-electron chi connectivity index (χ3n) is 4.42. The number of likely N-dealkylation sites (tertiary alicyclic amines) is 1. The van der Waals surface area contributed by atoms with E-state index in [4.69, 9.17) is 9.47 Å². The van der Waals surface area contributed by atoms with Gasteiger partial charge in [-0.25, -0.2) is 4.98 Å². The average Bonchev–Trinajstić information content (AvgIpc) is 2.89. The normalized spacial score (nSPS) is 27.7. The van der Waals surface area contributed by atoms with Crippen LogP contribution >= 0.6 is 0 Å². The standard InChI is InChI=1S/C16H25N3O2/c1-12-15(7-10-20-12)18-13-3-4-16(17-11-13)21-14-5-8-19(2)9-6-14/h3-4,11-12,14-15,18H,5-10H2,1-2H3/t12-,15-/m1/s1. The van der Waals surface area contributed by atoms with Crippen molar-refractivity contribution < 1.29 is 9.47 Å². The monoisotopic (exact) mass is 291 g/mol. The molecule has 2 saturated heterocycles. The molecule has 2 aliphatic rings. The van der Waals surface area contributed by atoms with Crippen molar-refractivity contribution in [3.63, 3.8) is 0 Å². The SMILES string of the molecule is C[C@H]1OCC[C@H]1Nc1ccc(OC2CCN(C)CC2)nc1. The third-order valence-corrected chi connectivity index (χ3v) is 4.42. The summed E-state index contributed by atoms with van der Waals surface area (Å²) in [5.41, 5.74) is 1.04. The van der Waals surface area contributed by atoms with Crippen molar-refractivity contribution in [3.05, 3.63) is 18.3 Å². The van der Waals surface area contributed by atoms with Gasteiger partial charge in [0.05, 0.1) is 24.0 Å². The summed E-state index contributed by atoms with van der Waals surface area (Å²) >= 11 is 0. The van der Waals surface area contributed by atoms with Crippen LogP contribution in [0.3, 0.4) is 0 Å². The van der Waals surface area contributed by atoms with Crippen LogP contribution in [0.15, 0.2) is 18.3 Å². The molecule has 116 valence electrons. The zero-order chi connectivity index (χ0) is 14.7. The van der Waals surface area contributed by atoms with Crippen LogP contribution in [0.5, 0.6) is 5.88 Å². The number of anilines is 1. The molecule has 0 bridgehead atoms. The van der Waals surface area contributed by atoms with Crippen molar-refractivity contribution in [1.82, 2.24) is 9.88 Å². The smallest absolute Gasteiger partial charge is 0.213 e. The molecule has 5 heteroatoms. The van der Waals surface area contributed by atoms with Crippen molar-refractivity contribution in [1.29, 1.82) is 0 Å². The lowest BCUT2D eigenvalue weighted by molar-refractivity contribution is 0.110. The molecule has 0 aliphatic carbocycles. The Morgan fingerprint density at radius 3 is 2.71 bits per heavy atom. The molecule has 2 atom stereocenters. The Labute approximate surface area is 126 Å². The minimum Gasteiger partial charge on any atom is -0.474 e. The summed E-state index contributed by atoms with van der Waals surface area (Å²) in [5, 5.41) is 3.48. The van der Waals surface area contributed by atoms with Gasteiger partial charge in [0.1, 0.15) is 6.10 Å². The van der Waals surface area contributed by atoms with Gasteiger partial charge in [-0.15, -0.1) is 0 Å². The predicted octanol–water partition coefficient (Wildman–Crippen LogP) is 2.14. The molecular formula is C16H25N3O2. The molecule has 0 amide bonds. The van der Waals surface area contributed by atoms with E-state index >= 15 is 0 Å². The molecule has 1 aromatic heterocycles. The van der Waals surface area contributed by atoms with E-state index < -0.39 is 0 Å². The Bertz CT molecular complexity index is 443. The summed E-state index contributed by atoms with van der Waals surface area (Å²) in [7, 11) is 2.16. The molecule has 0 saturated carbocycles. The lowest BCUT2D eigenvalue weighted by atomic mass is 10.1. The van der Waals surface area contributed by atoms with Gasteiger partial charge in [0.2, 0.25) is 5.88 Å². The van der Waals surface area contributed by atoms with Crippen molar-refractivity contribution in [2.75, 3.05) is 32.1 Å². The molecule has 5 nitrogen and oxygen atoms in total. The summed E-state index contributed by atoms with van der Waals surface area (Å²) in [4.78, 5) is 6.76. The Balaban J connectivity index is 1.52. The number of hydrogen-bond donors (Lipinski definition) is 1. The molecule has 0 aromatic carbocycles. The molecular weight excluding hydrogens is 266 g/mol. The van der Waals surface area contributed by atoms with Gasteiger partial charge in [-0.05, 0) is 39.3 Å². The predicted molar refractivity (Wildman–Crippen MR) is 82.8 cm³/mol.